The second kappa shape index (κ2) is 5.52. The quantitative estimate of drug-likeness (QED) is 0.936. The second-order valence-corrected chi connectivity index (χ2v) is 5.27. The number of carbonyl (C=O) groups is 1. The van der Waals surface area contributed by atoms with Gasteiger partial charge in [0.15, 0.2) is 5.82 Å². The molecule has 0 aliphatic rings. The van der Waals surface area contributed by atoms with E-state index in [1.54, 1.807) is 6.07 Å². The highest BCUT2D eigenvalue weighted by molar-refractivity contribution is 9.10. The number of aromatic nitrogens is 2. The van der Waals surface area contributed by atoms with E-state index in [-0.39, 0.29) is 17.6 Å². The summed E-state index contributed by atoms with van der Waals surface area (Å²) in [5.74, 6) is -0.915. The monoisotopic (exact) mass is 325 g/mol. The summed E-state index contributed by atoms with van der Waals surface area (Å²) in [7, 11) is 0. The van der Waals surface area contributed by atoms with Crippen molar-refractivity contribution in [2.75, 3.05) is 5.32 Å². The smallest absolute Gasteiger partial charge is 0.272 e. The van der Waals surface area contributed by atoms with Gasteiger partial charge in [-0.05, 0) is 41.9 Å². The fourth-order valence-electron chi connectivity index (χ4n) is 1.72. The molecule has 0 bridgehead atoms. The van der Waals surface area contributed by atoms with Crippen LogP contribution in [0.5, 0.6) is 0 Å². The number of pyridine rings is 1. The largest absolute Gasteiger partial charge is 0.340 e. The van der Waals surface area contributed by atoms with E-state index in [0.29, 0.717) is 5.69 Å². The molecule has 0 atom stereocenters. The van der Waals surface area contributed by atoms with Crippen molar-refractivity contribution >= 4 is 27.5 Å². The Kier molecular flexibility index (Phi) is 3.99. The van der Waals surface area contributed by atoms with Crippen molar-refractivity contribution in [1.82, 2.24) is 9.55 Å². The number of hydrogen-bond donors (Lipinski definition) is 1. The highest BCUT2D eigenvalue weighted by Crippen LogP contribution is 2.21. The van der Waals surface area contributed by atoms with Gasteiger partial charge in [-0.2, -0.15) is 0 Å². The first kappa shape index (κ1) is 13.7. The van der Waals surface area contributed by atoms with Crippen LogP contribution in [-0.4, -0.2) is 15.5 Å². The van der Waals surface area contributed by atoms with E-state index >= 15 is 0 Å². The van der Waals surface area contributed by atoms with E-state index < -0.39 is 5.82 Å². The van der Waals surface area contributed by atoms with Gasteiger partial charge in [-0.25, -0.2) is 4.39 Å². The molecule has 19 heavy (non-hydrogen) atoms. The fourth-order valence-corrected chi connectivity index (χ4v) is 2.16. The standard InChI is InChI=1S/C13H13BrFN3O/c1-8(2)18-7-9(14)5-12(18)13(19)17-11-3-4-16-6-10(11)15/h3-8H,1-2H3,(H,16,17,19). The molecule has 0 unspecified atom stereocenters. The van der Waals surface area contributed by atoms with Gasteiger partial charge in [-0.1, -0.05) is 0 Å². The summed E-state index contributed by atoms with van der Waals surface area (Å²) in [5.41, 5.74) is 0.589. The minimum atomic E-state index is -0.558. The number of carbonyl (C=O) groups excluding carboxylic acids is 1. The summed E-state index contributed by atoms with van der Waals surface area (Å²) in [4.78, 5) is 15.8. The molecule has 2 rings (SSSR count). The fraction of sp³-hybridized carbons (Fsp3) is 0.231. The molecule has 100 valence electrons. The van der Waals surface area contributed by atoms with Crippen molar-refractivity contribution in [2.24, 2.45) is 0 Å². The lowest BCUT2D eigenvalue weighted by Gasteiger charge is -2.12. The maximum absolute atomic E-state index is 13.4. The van der Waals surface area contributed by atoms with Gasteiger partial charge in [0.1, 0.15) is 5.69 Å². The van der Waals surface area contributed by atoms with Crippen molar-refractivity contribution < 1.29 is 9.18 Å². The topological polar surface area (TPSA) is 46.9 Å². The summed E-state index contributed by atoms with van der Waals surface area (Å²) in [5, 5.41) is 2.54. The highest BCUT2D eigenvalue weighted by Gasteiger charge is 2.16. The molecule has 0 aliphatic carbocycles. The molecule has 0 radical (unpaired) electrons. The SMILES string of the molecule is CC(C)n1cc(Br)cc1C(=O)Nc1ccncc1F. The Morgan fingerprint density at radius 1 is 1.53 bits per heavy atom. The zero-order valence-corrected chi connectivity index (χ0v) is 12.1. The second-order valence-electron chi connectivity index (χ2n) is 4.35. The van der Waals surface area contributed by atoms with Crippen molar-refractivity contribution in [1.29, 1.82) is 0 Å². The Balaban J connectivity index is 2.28. The lowest BCUT2D eigenvalue weighted by atomic mass is 10.3. The Labute approximate surface area is 118 Å². The molecular formula is C13H13BrFN3O. The van der Waals surface area contributed by atoms with Crippen LogP contribution in [0.2, 0.25) is 0 Å². The maximum Gasteiger partial charge on any atom is 0.272 e. The molecule has 1 amide bonds. The van der Waals surface area contributed by atoms with Crippen LogP contribution >= 0.6 is 15.9 Å². The highest BCUT2D eigenvalue weighted by atomic mass is 79.9. The summed E-state index contributed by atoms with van der Waals surface area (Å²) in [6.45, 7) is 3.94. The van der Waals surface area contributed by atoms with Gasteiger partial charge in [-0.3, -0.25) is 9.78 Å². The summed E-state index contributed by atoms with van der Waals surface area (Å²) >= 11 is 3.33. The van der Waals surface area contributed by atoms with E-state index in [2.05, 4.69) is 26.2 Å². The third kappa shape index (κ3) is 3.01. The van der Waals surface area contributed by atoms with E-state index in [9.17, 15) is 9.18 Å². The number of rotatable bonds is 3. The summed E-state index contributed by atoms with van der Waals surface area (Å²) in [6, 6.07) is 3.26. The number of amides is 1. The van der Waals surface area contributed by atoms with E-state index in [4.69, 9.17) is 0 Å². The van der Waals surface area contributed by atoms with Gasteiger partial charge in [0.05, 0.1) is 11.9 Å². The predicted octanol–water partition coefficient (Wildman–Crippen LogP) is 3.62. The molecule has 2 aromatic heterocycles. The Morgan fingerprint density at radius 3 is 2.89 bits per heavy atom. The van der Waals surface area contributed by atoms with Gasteiger partial charge < -0.3 is 9.88 Å². The molecule has 0 saturated heterocycles. The molecular weight excluding hydrogens is 313 g/mol. The Morgan fingerprint density at radius 2 is 2.26 bits per heavy atom. The lowest BCUT2D eigenvalue weighted by Crippen LogP contribution is -2.18. The first-order chi connectivity index (χ1) is 8.99. The van der Waals surface area contributed by atoms with Gasteiger partial charge in [0, 0.05) is 22.9 Å². The van der Waals surface area contributed by atoms with Crippen LogP contribution in [0.25, 0.3) is 0 Å². The summed E-state index contributed by atoms with van der Waals surface area (Å²) in [6.07, 6.45) is 4.31. The zero-order chi connectivity index (χ0) is 14.0. The van der Waals surface area contributed by atoms with Crippen molar-refractivity contribution in [3.05, 3.63) is 46.7 Å². The zero-order valence-electron chi connectivity index (χ0n) is 10.5. The molecule has 0 aromatic carbocycles. The first-order valence-electron chi connectivity index (χ1n) is 5.77. The third-order valence-corrected chi connectivity index (χ3v) is 3.06. The minimum Gasteiger partial charge on any atom is -0.340 e. The molecule has 0 fully saturated rings. The average Bonchev–Trinajstić information content (AvgIpc) is 2.74. The number of anilines is 1. The first-order valence-corrected chi connectivity index (χ1v) is 6.56. The number of nitrogens with zero attached hydrogens (tertiary/aromatic N) is 2. The van der Waals surface area contributed by atoms with Crippen LogP contribution in [0, 0.1) is 5.82 Å². The lowest BCUT2D eigenvalue weighted by molar-refractivity contribution is 0.101. The van der Waals surface area contributed by atoms with Gasteiger partial charge >= 0.3 is 0 Å². The van der Waals surface area contributed by atoms with Crippen LogP contribution in [0.15, 0.2) is 35.2 Å². The number of halogens is 2. The maximum atomic E-state index is 13.4. The van der Waals surface area contributed by atoms with Crippen LogP contribution < -0.4 is 5.32 Å². The third-order valence-electron chi connectivity index (χ3n) is 2.62. The Bertz CT molecular complexity index is 610. The molecule has 6 heteroatoms. The molecule has 0 spiro atoms. The number of hydrogen-bond acceptors (Lipinski definition) is 2. The number of nitrogens with one attached hydrogen (secondary N) is 1. The van der Waals surface area contributed by atoms with Gasteiger partial charge in [0.25, 0.3) is 5.91 Å². The van der Waals surface area contributed by atoms with E-state index in [1.807, 2.05) is 24.6 Å². The van der Waals surface area contributed by atoms with Crippen molar-refractivity contribution in [3.8, 4) is 0 Å². The van der Waals surface area contributed by atoms with Crippen LogP contribution in [0.3, 0.4) is 0 Å². The molecule has 1 N–H and O–H groups in total. The molecule has 2 heterocycles. The Hall–Kier alpha value is -1.69. The molecule has 0 aliphatic heterocycles. The van der Waals surface area contributed by atoms with Gasteiger partial charge in [-0.15, -0.1) is 0 Å². The minimum absolute atomic E-state index is 0.118. The molecule has 0 saturated carbocycles. The molecule has 2 aromatic rings. The van der Waals surface area contributed by atoms with E-state index in [0.717, 1.165) is 10.7 Å². The predicted molar refractivity (Wildman–Crippen MR) is 74.7 cm³/mol. The average molecular weight is 326 g/mol. The van der Waals surface area contributed by atoms with E-state index in [1.165, 1.54) is 12.3 Å². The normalized spacial score (nSPS) is 10.8. The summed E-state index contributed by atoms with van der Waals surface area (Å²) < 4.78 is 16.1. The van der Waals surface area contributed by atoms with Crippen LogP contribution in [0.4, 0.5) is 10.1 Å². The molecule has 4 nitrogen and oxygen atoms in total. The van der Waals surface area contributed by atoms with Crippen LogP contribution in [0.1, 0.15) is 30.4 Å². The van der Waals surface area contributed by atoms with Crippen LogP contribution in [-0.2, 0) is 0 Å². The van der Waals surface area contributed by atoms with Gasteiger partial charge in [0.2, 0.25) is 0 Å². The van der Waals surface area contributed by atoms with Crippen molar-refractivity contribution in [3.63, 3.8) is 0 Å². The van der Waals surface area contributed by atoms with Crippen molar-refractivity contribution in [2.45, 2.75) is 19.9 Å².